The lowest BCUT2D eigenvalue weighted by Gasteiger charge is -2.15. The molecule has 0 aliphatic carbocycles. The van der Waals surface area contributed by atoms with Gasteiger partial charge in [-0.15, -0.1) is 0 Å². The van der Waals surface area contributed by atoms with Gasteiger partial charge in [0.2, 0.25) is 17.5 Å². The Morgan fingerprint density at radius 1 is 1.20 bits per heavy atom. The van der Waals surface area contributed by atoms with Crippen molar-refractivity contribution < 1.29 is 23.7 Å². The molecule has 0 N–H and O–H groups in total. The second-order valence-corrected chi connectivity index (χ2v) is 6.60. The van der Waals surface area contributed by atoms with Crippen LogP contribution in [-0.4, -0.2) is 56.3 Å². The summed E-state index contributed by atoms with van der Waals surface area (Å²) in [7, 11) is 4.63. The third-order valence-corrected chi connectivity index (χ3v) is 4.71. The van der Waals surface area contributed by atoms with Crippen molar-refractivity contribution in [3.05, 3.63) is 47.7 Å². The van der Waals surface area contributed by atoms with Gasteiger partial charge < -0.3 is 23.8 Å². The average Bonchev–Trinajstić information content (AvgIpc) is 3.25. The van der Waals surface area contributed by atoms with Gasteiger partial charge in [0.25, 0.3) is 0 Å². The van der Waals surface area contributed by atoms with E-state index >= 15 is 0 Å². The van der Waals surface area contributed by atoms with E-state index in [1.165, 1.54) is 19.4 Å². The van der Waals surface area contributed by atoms with E-state index in [1.807, 2.05) is 0 Å². The van der Waals surface area contributed by atoms with Gasteiger partial charge in [0.05, 0.1) is 39.5 Å². The van der Waals surface area contributed by atoms with E-state index in [0.717, 1.165) is 5.56 Å². The molecule has 8 nitrogen and oxygen atoms in total. The summed E-state index contributed by atoms with van der Waals surface area (Å²) in [4.78, 5) is 18.4. The average molecular weight is 409 g/mol. The Labute approximate surface area is 175 Å². The molecule has 2 aromatic rings. The molecule has 1 unspecified atom stereocenters. The van der Waals surface area contributed by atoms with Crippen molar-refractivity contribution in [3.8, 4) is 29.2 Å². The number of carbonyl (C=O) groups is 1. The highest BCUT2D eigenvalue weighted by Gasteiger charge is 2.27. The topological polar surface area (TPSA) is 93.9 Å². The Morgan fingerprint density at radius 3 is 2.57 bits per heavy atom. The molecule has 0 spiro atoms. The summed E-state index contributed by atoms with van der Waals surface area (Å²) >= 11 is 0. The molecular formula is C22H23N3O5. The van der Waals surface area contributed by atoms with E-state index in [4.69, 9.17) is 24.2 Å². The van der Waals surface area contributed by atoms with E-state index < -0.39 is 0 Å². The molecule has 0 saturated carbocycles. The monoisotopic (exact) mass is 409 g/mol. The molecule has 8 heteroatoms. The minimum Gasteiger partial charge on any atom is -0.493 e. The highest BCUT2D eigenvalue weighted by Crippen LogP contribution is 2.38. The van der Waals surface area contributed by atoms with Gasteiger partial charge in [-0.05, 0) is 29.8 Å². The van der Waals surface area contributed by atoms with Crippen molar-refractivity contribution in [2.75, 3.05) is 34.4 Å². The van der Waals surface area contributed by atoms with Crippen LogP contribution in [0.25, 0.3) is 6.08 Å². The lowest BCUT2D eigenvalue weighted by atomic mass is 10.1. The van der Waals surface area contributed by atoms with Gasteiger partial charge >= 0.3 is 0 Å². The number of hydrogen-bond donors (Lipinski definition) is 0. The number of rotatable bonds is 7. The molecule has 1 aliphatic heterocycles. The molecule has 1 fully saturated rings. The highest BCUT2D eigenvalue weighted by atomic mass is 16.5. The zero-order valence-corrected chi connectivity index (χ0v) is 17.1. The summed E-state index contributed by atoms with van der Waals surface area (Å²) in [5, 5.41) is 8.97. The SMILES string of the molecule is COc1cc(/C=C/C(=O)N2CCC(Oc3cc(C#N)ccn3)C2)cc(OC)c1OC. The number of likely N-dealkylation sites (tertiary alicyclic amines) is 1. The van der Waals surface area contributed by atoms with Crippen molar-refractivity contribution in [2.24, 2.45) is 0 Å². The van der Waals surface area contributed by atoms with E-state index in [-0.39, 0.29) is 12.0 Å². The summed E-state index contributed by atoms with van der Waals surface area (Å²) in [6.45, 7) is 1.04. The standard InChI is InChI=1S/C22H23N3O5/c1-27-18-10-15(11-19(28-2)22(18)29-3)4-5-21(26)25-9-7-17(14-25)30-20-12-16(13-23)6-8-24-20/h4-6,8,10-12,17H,7,9,14H2,1-3H3/b5-4+. The first kappa shape index (κ1) is 21.0. The van der Waals surface area contributed by atoms with Gasteiger partial charge in [0, 0.05) is 31.3 Å². The second-order valence-electron chi connectivity index (χ2n) is 6.60. The fourth-order valence-electron chi connectivity index (χ4n) is 3.21. The third kappa shape index (κ3) is 4.81. The molecule has 3 rings (SSSR count). The summed E-state index contributed by atoms with van der Waals surface area (Å²) in [6, 6.07) is 8.81. The molecule has 1 amide bonds. The molecular weight excluding hydrogens is 386 g/mol. The Balaban J connectivity index is 1.64. The number of nitrogens with zero attached hydrogens (tertiary/aromatic N) is 3. The lowest BCUT2D eigenvalue weighted by molar-refractivity contribution is -0.125. The minimum absolute atomic E-state index is 0.117. The van der Waals surface area contributed by atoms with Gasteiger partial charge in [0.15, 0.2) is 11.5 Å². The van der Waals surface area contributed by atoms with Crippen LogP contribution in [0.2, 0.25) is 0 Å². The molecule has 0 radical (unpaired) electrons. The normalized spacial score (nSPS) is 15.7. The van der Waals surface area contributed by atoms with E-state index in [1.54, 1.807) is 49.5 Å². The predicted octanol–water partition coefficient (Wildman–Crippen LogP) is 2.67. The summed E-state index contributed by atoms with van der Waals surface area (Å²) in [6.07, 6.45) is 5.29. The lowest BCUT2D eigenvalue weighted by Crippen LogP contribution is -2.29. The molecule has 1 aromatic heterocycles. The second kappa shape index (κ2) is 9.65. The summed E-state index contributed by atoms with van der Waals surface area (Å²) in [5.74, 6) is 1.81. The number of aromatic nitrogens is 1. The quantitative estimate of drug-likeness (QED) is 0.649. The Hall–Kier alpha value is -3.73. The smallest absolute Gasteiger partial charge is 0.246 e. The van der Waals surface area contributed by atoms with Crippen LogP contribution in [0.5, 0.6) is 23.1 Å². The molecule has 0 bridgehead atoms. The molecule has 1 aliphatic rings. The molecule has 1 atom stereocenters. The van der Waals surface area contributed by atoms with Crippen LogP contribution < -0.4 is 18.9 Å². The largest absolute Gasteiger partial charge is 0.493 e. The Kier molecular flexibility index (Phi) is 6.75. The molecule has 1 aromatic carbocycles. The zero-order chi connectivity index (χ0) is 21.5. The van der Waals surface area contributed by atoms with Crippen LogP contribution in [0, 0.1) is 11.3 Å². The van der Waals surface area contributed by atoms with Gasteiger partial charge in [-0.3, -0.25) is 4.79 Å². The number of nitriles is 1. The van der Waals surface area contributed by atoms with Gasteiger partial charge in [-0.2, -0.15) is 5.26 Å². The first-order chi connectivity index (χ1) is 14.6. The Morgan fingerprint density at radius 2 is 1.93 bits per heavy atom. The van der Waals surface area contributed by atoms with Crippen LogP contribution in [0.4, 0.5) is 0 Å². The van der Waals surface area contributed by atoms with Crippen LogP contribution in [0.3, 0.4) is 0 Å². The maximum absolute atomic E-state index is 12.6. The number of pyridine rings is 1. The Bertz CT molecular complexity index is 958. The fraction of sp³-hybridized carbons (Fsp3) is 0.318. The molecule has 2 heterocycles. The minimum atomic E-state index is -0.162. The van der Waals surface area contributed by atoms with Crippen molar-refractivity contribution in [3.63, 3.8) is 0 Å². The van der Waals surface area contributed by atoms with E-state index in [9.17, 15) is 4.79 Å². The van der Waals surface area contributed by atoms with Gasteiger partial charge in [-0.1, -0.05) is 0 Å². The molecule has 1 saturated heterocycles. The first-order valence-corrected chi connectivity index (χ1v) is 9.37. The van der Waals surface area contributed by atoms with Crippen LogP contribution in [0.1, 0.15) is 17.5 Å². The third-order valence-electron chi connectivity index (χ3n) is 4.71. The van der Waals surface area contributed by atoms with Crippen molar-refractivity contribution in [2.45, 2.75) is 12.5 Å². The van der Waals surface area contributed by atoms with Crippen molar-refractivity contribution in [1.29, 1.82) is 5.26 Å². The van der Waals surface area contributed by atoms with E-state index in [0.29, 0.717) is 48.2 Å². The molecule has 30 heavy (non-hydrogen) atoms. The van der Waals surface area contributed by atoms with E-state index in [2.05, 4.69) is 11.1 Å². The summed E-state index contributed by atoms with van der Waals surface area (Å²) < 4.78 is 21.8. The van der Waals surface area contributed by atoms with Crippen LogP contribution in [-0.2, 0) is 4.79 Å². The number of methoxy groups -OCH3 is 3. The predicted molar refractivity (Wildman–Crippen MR) is 110 cm³/mol. The number of benzene rings is 1. The number of amides is 1. The highest BCUT2D eigenvalue weighted by molar-refractivity contribution is 5.92. The van der Waals surface area contributed by atoms with Crippen LogP contribution >= 0.6 is 0 Å². The maximum Gasteiger partial charge on any atom is 0.246 e. The number of hydrogen-bond acceptors (Lipinski definition) is 7. The van der Waals surface area contributed by atoms with Gasteiger partial charge in [-0.25, -0.2) is 4.98 Å². The van der Waals surface area contributed by atoms with Gasteiger partial charge in [0.1, 0.15) is 6.10 Å². The van der Waals surface area contributed by atoms with Crippen LogP contribution in [0.15, 0.2) is 36.5 Å². The first-order valence-electron chi connectivity index (χ1n) is 9.37. The fourth-order valence-corrected chi connectivity index (χ4v) is 3.21. The number of ether oxygens (including phenoxy) is 4. The molecule has 156 valence electrons. The maximum atomic E-state index is 12.6. The summed E-state index contributed by atoms with van der Waals surface area (Å²) in [5.41, 5.74) is 1.24. The zero-order valence-electron chi connectivity index (χ0n) is 17.1. The van der Waals surface area contributed by atoms with Crippen molar-refractivity contribution in [1.82, 2.24) is 9.88 Å². The number of carbonyl (C=O) groups excluding carboxylic acids is 1. The van der Waals surface area contributed by atoms with Crippen molar-refractivity contribution >= 4 is 12.0 Å².